The summed E-state index contributed by atoms with van der Waals surface area (Å²) in [7, 11) is 0. The third-order valence-corrected chi connectivity index (χ3v) is 5.31. The normalized spacial score (nSPS) is 26.8. The third-order valence-electron chi connectivity index (χ3n) is 5.31. The number of nitrogens with zero attached hydrogens (tertiary/aromatic N) is 1. The molecule has 0 aliphatic carbocycles. The summed E-state index contributed by atoms with van der Waals surface area (Å²) in [5, 5.41) is 0. The van der Waals surface area contributed by atoms with E-state index in [2.05, 4.69) is 30.9 Å². The van der Waals surface area contributed by atoms with Crippen LogP contribution in [0.4, 0.5) is 0 Å². The highest BCUT2D eigenvalue weighted by atomic mass is 16.5. The average Bonchev–Trinajstić information content (AvgIpc) is 2.73. The van der Waals surface area contributed by atoms with Gasteiger partial charge >= 0.3 is 0 Å². The predicted molar refractivity (Wildman–Crippen MR) is 86.8 cm³/mol. The number of rotatable bonds is 2. The van der Waals surface area contributed by atoms with E-state index in [1.165, 1.54) is 49.0 Å². The lowest BCUT2D eigenvalue weighted by Crippen LogP contribution is -2.53. The van der Waals surface area contributed by atoms with Crippen molar-refractivity contribution in [1.82, 2.24) is 4.90 Å². The van der Waals surface area contributed by atoms with Crippen molar-refractivity contribution in [3.63, 3.8) is 0 Å². The number of likely N-dealkylation sites (tertiary alicyclic amines) is 1. The van der Waals surface area contributed by atoms with Crippen LogP contribution in [0, 0.1) is 13.8 Å². The quantitative estimate of drug-likeness (QED) is 0.908. The minimum atomic E-state index is -0.0254. The number of fused-ring (bicyclic) bond motifs is 1. The lowest BCUT2D eigenvalue weighted by molar-refractivity contribution is 0.0619. The van der Waals surface area contributed by atoms with Crippen LogP contribution in [0.15, 0.2) is 12.1 Å². The molecule has 1 atom stereocenters. The van der Waals surface area contributed by atoms with Gasteiger partial charge in [0.15, 0.2) is 0 Å². The van der Waals surface area contributed by atoms with Gasteiger partial charge in [-0.25, -0.2) is 0 Å². The number of hydrogen-bond donors (Lipinski definition) is 1. The Morgan fingerprint density at radius 2 is 1.81 bits per heavy atom. The number of aryl methyl sites for hydroxylation is 2. The summed E-state index contributed by atoms with van der Waals surface area (Å²) >= 11 is 0. The van der Waals surface area contributed by atoms with Gasteiger partial charge in [-0.15, -0.1) is 0 Å². The van der Waals surface area contributed by atoms with Crippen LogP contribution in [0.5, 0.6) is 5.75 Å². The smallest absolute Gasteiger partial charge is 0.127 e. The molecule has 1 fully saturated rings. The Kier molecular flexibility index (Phi) is 4.23. The Hall–Kier alpha value is -1.06. The van der Waals surface area contributed by atoms with Crippen molar-refractivity contribution in [2.24, 2.45) is 5.73 Å². The van der Waals surface area contributed by atoms with Gasteiger partial charge in [-0.05, 0) is 63.7 Å². The zero-order valence-corrected chi connectivity index (χ0v) is 13.5. The van der Waals surface area contributed by atoms with Crippen molar-refractivity contribution in [2.45, 2.75) is 51.5 Å². The molecule has 2 aliphatic rings. The summed E-state index contributed by atoms with van der Waals surface area (Å²) in [5.74, 6) is 1.10. The van der Waals surface area contributed by atoms with Crippen LogP contribution in [0.1, 0.15) is 48.8 Å². The van der Waals surface area contributed by atoms with Gasteiger partial charge in [-0.3, -0.25) is 4.90 Å². The largest absolute Gasteiger partial charge is 0.493 e. The van der Waals surface area contributed by atoms with Gasteiger partial charge in [-0.2, -0.15) is 0 Å². The third kappa shape index (κ3) is 2.47. The van der Waals surface area contributed by atoms with Crippen molar-refractivity contribution < 1.29 is 4.74 Å². The van der Waals surface area contributed by atoms with Gasteiger partial charge in [0.2, 0.25) is 0 Å². The second-order valence-electron chi connectivity index (χ2n) is 6.64. The van der Waals surface area contributed by atoms with Gasteiger partial charge in [-0.1, -0.05) is 18.6 Å². The van der Waals surface area contributed by atoms with Crippen LogP contribution in [0.25, 0.3) is 0 Å². The molecule has 3 nitrogen and oxygen atoms in total. The van der Waals surface area contributed by atoms with Gasteiger partial charge in [0.25, 0.3) is 0 Å². The maximum Gasteiger partial charge on any atom is 0.127 e. The van der Waals surface area contributed by atoms with Crippen LogP contribution < -0.4 is 10.5 Å². The first kappa shape index (κ1) is 14.9. The summed E-state index contributed by atoms with van der Waals surface area (Å²) in [6, 6.07) is 4.41. The fourth-order valence-electron chi connectivity index (χ4n) is 4.18. The fourth-order valence-corrected chi connectivity index (χ4v) is 4.18. The van der Waals surface area contributed by atoms with E-state index in [1.54, 1.807) is 0 Å². The highest BCUT2D eigenvalue weighted by Gasteiger charge is 2.42. The number of ether oxygens (including phenoxy) is 1. The zero-order chi connectivity index (χ0) is 14.9. The molecule has 1 aromatic rings. The highest BCUT2D eigenvalue weighted by molar-refractivity contribution is 5.50. The first-order valence-electron chi connectivity index (χ1n) is 8.37. The summed E-state index contributed by atoms with van der Waals surface area (Å²) in [6.07, 6.45) is 6.14. The standard InChI is InChI=1S/C18H28N2O/c1-14-7-8-15(2)17-16(14)18(13-19,9-6-12-21-17)20-10-4-3-5-11-20/h7-8H,3-6,9-13,19H2,1-2H3. The number of hydrogen-bond acceptors (Lipinski definition) is 3. The monoisotopic (exact) mass is 288 g/mol. The van der Waals surface area contributed by atoms with Crippen molar-refractivity contribution in [3.05, 3.63) is 28.8 Å². The predicted octanol–water partition coefficient (Wildman–Crippen LogP) is 3.12. The Morgan fingerprint density at radius 1 is 1.10 bits per heavy atom. The molecule has 0 bridgehead atoms. The molecule has 116 valence electrons. The zero-order valence-electron chi connectivity index (χ0n) is 13.5. The van der Waals surface area contributed by atoms with Crippen LogP contribution in [0.2, 0.25) is 0 Å². The van der Waals surface area contributed by atoms with E-state index < -0.39 is 0 Å². The summed E-state index contributed by atoms with van der Waals surface area (Å²) in [5.41, 5.74) is 10.3. The Morgan fingerprint density at radius 3 is 2.52 bits per heavy atom. The average molecular weight is 288 g/mol. The molecule has 21 heavy (non-hydrogen) atoms. The van der Waals surface area contributed by atoms with E-state index >= 15 is 0 Å². The van der Waals surface area contributed by atoms with Crippen LogP contribution in [-0.2, 0) is 5.54 Å². The molecule has 2 aliphatic heterocycles. The second-order valence-corrected chi connectivity index (χ2v) is 6.64. The van der Waals surface area contributed by atoms with Gasteiger partial charge in [0.05, 0.1) is 12.1 Å². The number of benzene rings is 1. The van der Waals surface area contributed by atoms with Crippen LogP contribution in [-0.4, -0.2) is 31.1 Å². The molecule has 1 aromatic carbocycles. The minimum absolute atomic E-state index is 0.0254. The fraction of sp³-hybridized carbons (Fsp3) is 0.667. The Bertz CT molecular complexity index is 508. The summed E-state index contributed by atoms with van der Waals surface area (Å²) < 4.78 is 6.13. The minimum Gasteiger partial charge on any atom is -0.493 e. The van der Waals surface area contributed by atoms with Crippen molar-refractivity contribution in [3.8, 4) is 5.75 Å². The molecule has 0 radical (unpaired) electrons. The molecule has 3 rings (SSSR count). The summed E-state index contributed by atoms with van der Waals surface area (Å²) in [4.78, 5) is 2.65. The van der Waals surface area contributed by atoms with E-state index in [1.807, 2.05) is 0 Å². The highest BCUT2D eigenvalue weighted by Crippen LogP contribution is 2.44. The van der Waals surface area contributed by atoms with E-state index in [0.717, 1.165) is 25.2 Å². The van der Waals surface area contributed by atoms with Crippen LogP contribution >= 0.6 is 0 Å². The lowest BCUT2D eigenvalue weighted by Gasteiger charge is -2.46. The second kappa shape index (κ2) is 5.98. The van der Waals surface area contributed by atoms with E-state index in [9.17, 15) is 0 Å². The van der Waals surface area contributed by atoms with E-state index in [4.69, 9.17) is 10.5 Å². The SMILES string of the molecule is Cc1ccc(C)c2c1OCCCC2(CN)N1CCCCC1. The van der Waals surface area contributed by atoms with Gasteiger partial charge < -0.3 is 10.5 Å². The summed E-state index contributed by atoms with van der Waals surface area (Å²) in [6.45, 7) is 8.21. The molecule has 2 heterocycles. The Labute approximate surface area is 128 Å². The first-order chi connectivity index (χ1) is 10.2. The van der Waals surface area contributed by atoms with Gasteiger partial charge in [0.1, 0.15) is 5.75 Å². The first-order valence-corrected chi connectivity index (χ1v) is 8.37. The van der Waals surface area contributed by atoms with Crippen molar-refractivity contribution in [2.75, 3.05) is 26.2 Å². The van der Waals surface area contributed by atoms with Crippen molar-refractivity contribution in [1.29, 1.82) is 0 Å². The molecule has 3 heteroatoms. The number of piperidine rings is 1. The molecule has 0 amide bonds. The maximum absolute atomic E-state index is 6.38. The Balaban J connectivity index is 2.14. The van der Waals surface area contributed by atoms with Gasteiger partial charge in [0, 0.05) is 12.1 Å². The lowest BCUT2D eigenvalue weighted by atomic mass is 9.79. The van der Waals surface area contributed by atoms with E-state index in [-0.39, 0.29) is 5.54 Å². The number of nitrogens with two attached hydrogens (primary N) is 1. The molecule has 0 saturated carbocycles. The topological polar surface area (TPSA) is 38.5 Å². The van der Waals surface area contributed by atoms with Crippen LogP contribution in [0.3, 0.4) is 0 Å². The molecule has 0 spiro atoms. The maximum atomic E-state index is 6.38. The molecule has 1 saturated heterocycles. The molecule has 1 unspecified atom stereocenters. The molecular formula is C18H28N2O. The molecule has 2 N–H and O–H groups in total. The molecule has 0 aromatic heterocycles. The van der Waals surface area contributed by atoms with E-state index in [0.29, 0.717) is 6.54 Å². The molecular weight excluding hydrogens is 260 g/mol. The van der Waals surface area contributed by atoms with Crippen molar-refractivity contribution >= 4 is 0 Å².